The molecule has 2 heterocycles. The second kappa shape index (κ2) is 7.01. The average molecular weight is 347 g/mol. The van der Waals surface area contributed by atoms with Crippen molar-refractivity contribution >= 4 is 29.1 Å². The van der Waals surface area contributed by atoms with Crippen molar-refractivity contribution in [2.24, 2.45) is 0 Å². The predicted octanol–water partition coefficient (Wildman–Crippen LogP) is 0.668. The van der Waals surface area contributed by atoms with Crippen molar-refractivity contribution in [2.75, 3.05) is 13.3 Å². The van der Waals surface area contributed by atoms with Gasteiger partial charge < -0.3 is 14.8 Å². The highest BCUT2D eigenvalue weighted by Crippen LogP contribution is 2.32. The lowest BCUT2D eigenvalue weighted by Crippen LogP contribution is -2.46. The van der Waals surface area contributed by atoms with E-state index in [2.05, 4.69) is 16.2 Å². The first-order chi connectivity index (χ1) is 11.6. The molecule has 0 fully saturated rings. The maximum atomic E-state index is 12.0. The zero-order valence-electron chi connectivity index (χ0n) is 12.3. The molecule has 1 aromatic heterocycles. The molecule has 2 aromatic rings. The van der Waals surface area contributed by atoms with Gasteiger partial charge in [0.1, 0.15) is 0 Å². The molecule has 0 unspecified atom stereocenters. The summed E-state index contributed by atoms with van der Waals surface area (Å²) in [6, 6.07) is 8.07. The number of carbonyl (C=O) groups is 3. The van der Waals surface area contributed by atoms with Crippen LogP contribution in [-0.2, 0) is 4.79 Å². The van der Waals surface area contributed by atoms with E-state index in [1.807, 2.05) is 0 Å². The predicted molar refractivity (Wildman–Crippen MR) is 84.8 cm³/mol. The van der Waals surface area contributed by atoms with Crippen molar-refractivity contribution in [1.82, 2.24) is 16.2 Å². The van der Waals surface area contributed by atoms with Gasteiger partial charge in [0.05, 0.1) is 11.4 Å². The molecule has 0 atom stereocenters. The summed E-state index contributed by atoms with van der Waals surface area (Å²) in [5.74, 6) is -0.369. The Hall–Kier alpha value is -3.07. The maximum Gasteiger partial charge on any atom is 0.269 e. The number of ether oxygens (including phenoxy) is 2. The lowest BCUT2D eigenvalue weighted by Gasteiger charge is -2.08. The van der Waals surface area contributed by atoms with E-state index in [1.165, 1.54) is 17.4 Å². The van der Waals surface area contributed by atoms with Crippen LogP contribution in [0.2, 0.25) is 0 Å². The fourth-order valence-electron chi connectivity index (χ4n) is 1.94. The Labute approximate surface area is 140 Å². The van der Waals surface area contributed by atoms with Gasteiger partial charge in [0.25, 0.3) is 17.7 Å². The molecule has 0 spiro atoms. The van der Waals surface area contributed by atoms with Gasteiger partial charge >= 0.3 is 0 Å². The molecule has 8 nitrogen and oxygen atoms in total. The number of thiophene rings is 1. The number of hydrogen-bond acceptors (Lipinski definition) is 6. The number of rotatable bonds is 4. The summed E-state index contributed by atoms with van der Waals surface area (Å²) in [6.45, 7) is -0.140. The third-order valence-electron chi connectivity index (χ3n) is 3.10. The van der Waals surface area contributed by atoms with Crippen LogP contribution in [0.15, 0.2) is 35.7 Å². The Kier molecular flexibility index (Phi) is 4.62. The number of carbonyl (C=O) groups excluding carboxylic acids is 3. The van der Waals surface area contributed by atoms with Crippen LogP contribution in [0, 0.1) is 0 Å². The van der Waals surface area contributed by atoms with Gasteiger partial charge in [-0.2, -0.15) is 0 Å². The number of fused-ring (bicyclic) bond motifs is 1. The molecular weight excluding hydrogens is 334 g/mol. The molecule has 0 radical (unpaired) electrons. The van der Waals surface area contributed by atoms with Gasteiger partial charge in [-0.05, 0) is 29.6 Å². The summed E-state index contributed by atoms with van der Waals surface area (Å²) in [5.41, 5.74) is 4.80. The summed E-state index contributed by atoms with van der Waals surface area (Å²) >= 11 is 1.27. The second-order valence-corrected chi connectivity index (χ2v) is 5.68. The fourth-order valence-corrected chi connectivity index (χ4v) is 2.58. The van der Waals surface area contributed by atoms with Gasteiger partial charge in [-0.3, -0.25) is 25.2 Å². The van der Waals surface area contributed by atoms with E-state index < -0.39 is 11.8 Å². The van der Waals surface area contributed by atoms with Crippen LogP contribution in [0.4, 0.5) is 0 Å². The Morgan fingerprint density at radius 3 is 2.67 bits per heavy atom. The van der Waals surface area contributed by atoms with Crippen LogP contribution in [-0.4, -0.2) is 31.1 Å². The number of nitrogens with one attached hydrogen (secondary N) is 3. The topological polar surface area (TPSA) is 106 Å². The molecule has 3 rings (SSSR count). The Morgan fingerprint density at radius 2 is 1.88 bits per heavy atom. The minimum Gasteiger partial charge on any atom is -0.454 e. The molecule has 0 bridgehead atoms. The van der Waals surface area contributed by atoms with Crippen molar-refractivity contribution in [3.05, 3.63) is 46.2 Å². The van der Waals surface area contributed by atoms with Gasteiger partial charge in [-0.25, -0.2) is 0 Å². The van der Waals surface area contributed by atoms with Crippen molar-refractivity contribution in [3.63, 3.8) is 0 Å². The van der Waals surface area contributed by atoms with Crippen LogP contribution in [0.25, 0.3) is 0 Å². The molecule has 3 N–H and O–H groups in total. The quantitative estimate of drug-likeness (QED) is 0.705. The first-order valence-electron chi connectivity index (χ1n) is 6.94. The molecule has 9 heteroatoms. The van der Waals surface area contributed by atoms with Crippen LogP contribution >= 0.6 is 11.3 Å². The third kappa shape index (κ3) is 3.63. The van der Waals surface area contributed by atoms with E-state index in [1.54, 1.807) is 29.6 Å². The van der Waals surface area contributed by atoms with E-state index in [-0.39, 0.29) is 19.2 Å². The lowest BCUT2D eigenvalue weighted by molar-refractivity contribution is -0.120. The van der Waals surface area contributed by atoms with E-state index in [0.717, 1.165) is 0 Å². The fraction of sp³-hybridized carbons (Fsp3) is 0.133. The SMILES string of the molecule is O=C(CNC(=O)c1cccs1)NNC(=O)c1ccc2c(c1)OCO2. The summed E-state index contributed by atoms with van der Waals surface area (Å²) in [7, 11) is 0. The highest BCUT2D eigenvalue weighted by Gasteiger charge is 2.16. The van der Waals surface area contributed by atoms with Crippen molar-refractivity contribution < 1.29 is 23.9 Å². The first kappa shape index (κ1) is 15.8. The third-order valence-corrected chi connectivity index (χ3v) is 3.97. The number of hydrazine groups is 1. The summed E-state index contributed by atoms with van der Waals surface area (Å²) < 4.78 is 10.3. The normalized spacial score (nSPS) is 11.7. The minimum atomic E-state index is -0.547. The molecule has 124 valence electrons. The van der Waals surface area contributed by atoms with Gasteiger partial charge in [-0.15, -0.1) is 11.3 Å². The van der Waals surface area contributed by atoms with Crippen LogP contribution in [0.1, 0.15) is 20.0 Å². The maximum absolute atomic E-state index is 12.0. The summed E-state index contributed by atoms with van der Waals surface area (Å²) in [6.07, 6.45) is 0. The molecule has 1 aliphatic heterocycles. The Morgan fingerprint density at radius 1 is 1.04 bits per heavy atom. The van der Waals surface area contributed by atoms with Crippen molar-refractivity contribution in [1.29, 1.82) is 0 Å². The number of hydrogen-bond donors (Lipinski definition) is 3. The zero-order valence-corrected chi connectivity index (χ0v) is 13.1. The molecule has 0 saturated carbocycles. The minimum absolute atomic E-state index is 0.112. The van der Waals surface area contributed by atoms with Gasteiger partial charge in [0.15, 0.2) is 11.5 Å². The lowest BCUT2D eigenvalue weighted by atomic mass is 10.2. The molecular formula is C15H13N3O5S. The van der Waals surface area contributed by atoms with Crippen LogP contribution in [0.3, 0.4) is 0 Å². The van der Waals surface area contributed by atoms with Crippen LogP contribution in [0.5, 0.6) is 11.5 Å². The summed E-state index contributed by atoms with van der Waals surface area (Å²) in [4.78, 5) is 35.8. The molecule has 1 aliphatic rings. The molecule has 0 saturated heterocycles. The highest BCUT2D eigenvalue weighted by molar-refractivity contribution is 7.12. The molecule has 24 heavy (non-hydrogen) atoms. The van der Waals surface area contributed by atoms with Crippen molar-refractivity contribution in [2.45, 2.75) is 0 Å². The van der Waals surface area contributed by atoms with Crippen molar-refractivity contribution in [3.8, 4) is 11.5 Å². The van der Waals surface area contributed by atoms with E-state index in [9.17, 15) is 14.4 Å². The molecule has 1 aromatic carbocycles. The van der Waals surface area contributed by atoms with E-state index in [0.29, 0.717) is 21.9 Å². The smallest absolute Gasteiger partial charge is 0.269 e. The Bertz CT molecular complexity index is 775. The monoisotopic (exact) mass is 347 g/mol. The van der Waals surface area contributed by atoms with E-state index in [4.69, 9.17) is 9.47 Å². The van der Waals surface area contributed by atoms with Gasteiger partial charge in [0, 0.05) is 5.56 Å². The first-order valence-corrected chi connectivity index (χ1v) is 7.82. The van der Waals surface area contributed by atoms with Gasteiger partial charge in [-0.1, -0.05) is 6.07 Å². The largest absolute Gasteiger partial charge is 0.454 e. The summed E-state index contributed by atoms with van der Waals surface area (Å²) in [5, 5.41) is 4.22. The highest BCUT2D eigenvalue weighted by atomic mass is 32.1. The number of benzene rings is 1. The Balaban J connectivity index is 1.45. The van der Waals surface area contributed by atoms with Gasteiger partial charge in [0.2, 0.25) is 6.79 Å². The molecule has 0 aliphatic carbocycles. The standard InChI is InChI=1S/C15H13N3O5S/c19-13(7-16-15(21)12-2-1-5-24-12)17-18-14(20)9-3-4-10-11(6-9)23-8-22-10/h1-6H,7-8H2,(H,16,21)(H,17,19)(H,18,20). The number of amides is 3. The average Bonchev–Trinajstić information content (AvgIpc) is 3.27. The van der Waals surface area contributed by atoms with Crippen LogP contribution < -0.4 is 25.6 Å². The molecule has 3 amide bonds. The second-order valence-electron chi connectivity index (χ2n) is 4.73. The zero-order chi connectivity index (χ0) is 16.9. The van der Waals surface area contributed by atoms with E-state index >= 15 is 0 Å².